The van der Waals surface area contributed by atoms with Crippen LogP contribution in [0.4, 0.5) is 5.82 Å². The van der Waals surface area contributed by atoms with Gasteiger partial charge >= 0.3 is 5.97 Å². The Hall–Kier alpha value is -2.66. The predicted octanol–water partition coefficient (Wildman–Crippen LogP) is 5.65. The second-order valence-corrected chi connectivity index (χ2v) is 8.45. The average Bonchev–Trinajstić information content (AvgIpc) is 2.77. The summed E-state index contributed by atoms with van der Waals surface area (Å²) in [7, 11) is 0. The van der Waals surface area contributed by atoms with E-state index in [0.29, 0.717) is 23.3 Å². The summed E-state index contributed by atoms with van der Waals surface area (Å²) in [4.78, 5) is 26.5. The molecule has 2 aromatic carbocycles. The Balaban J connectivity index is 1.33. The summed E-state index contributed by atoms with van der Waals surface area (Å²) in [6.07, 6.45) is 5.71. The number of rotatable bonds is 4. The van der Waals surface area contributed by atoms with Gasteiger partial charge in [-0.05, 0) is 59.5 Å². The fourth-order valence-electron chi connectivity index (χ4n) is 4.81. The number of hydrogen-bond donors (Lipinski definition) is 1. The molecule has 0 spiro atoms. The normalized spacial score (nSPS) is 23.1. The van der Waals surface area contributed by atoms with E-state index >= 15 is 0 Å². The van der Waals surface area contributed by atoms with Crippen molar-refractivity contribution in [2.45, 2.75) is 32.1 Å². The molecular weight excluding hydrogens is 386 g/mol. The summed E-state index contributed by atoms with van der Waals surface area (Å²) in [5.41, 5.74) is 4.30. The zero-order valence-corrected chi connectivity index (χ0v) is 16.7. The van der Waals surface area contributed by atoms with Crippen LogP contribution >= 0.6 is 11.6 Å². The van der Waals surface area contributed by atoms with E-state index < -0.39 is 0 Å². The molecule has 1 atom stereocenters. The van der Waals surface area contributed by atoms with Gasteiger partial charge in [0.05, 0.1) is 11.6 Å². The number of fused-ring (bicyclic) bond motifs is 4. The minimum atomic E-state index is -0.193. The van der Waals surface area contributed by atoms with Gasteiger partial charge in [-0.1, -0.05) is 49.2 Å². The lowest BCUT2D eigenvalue weighted by molar-refractivity contribution is -0.151. The number of benzene rings is 2. The van der Waals surface area contributed by atoms with E-state index in [9.17, 15) is 4.79 Å². The van der Waals surface area contributed by atoms with Crippen LogP contribution in [0, 0.1) is 17.8 Å². The van der Waals surface area contributed by atoms with Crippen molar-refractivity contribution in [2.75, 3.05) is 5.48 Å². The fraction of sp³-hybridized carbons (Fsp3) is 0.348. The molecule has 3 aliphatic rings. The molecule has 3 saturated carbocycles. The number of nitrogens with zero attached hydrogens (tertiary/aromatic N) is 2. The first kappa shape index (κ1) is 18.4. The van der Waals surface area contributed by atoms with Crippen molar-refractivity contribution in [3.05, 3.63) is 53.8 Å². The van der Waals surface area contributed by atoms with E-state index in [1.54, 1.807) is 6.07 Å². The summed E-state index contributed by atoms with van der Waals surface area (Å²) in [6.45, 7) is 0. The molecule has 5 nitrogen and oxygen atoms in total. The van der Waals surface area contributed by atoms with Gasteiger partial charge < -0.3 is 4.84 Å². The monoisotopic (exact) mass is 407 g/mol. The summed E-state index contributed by atoms with van der Waals surface area (Å²) in [5.74, 6) is 1.30. The second-order valence-electron chi connectivity index (χ2n) is 8.12. The lowest BCUT2D eigenvalue weighted by Gasteiger charge is -2.40. The van der Waals surface area contributed by atoms with Crippen molar-refractivity contribution in [3.63, 3.8) is 0 Å². The number of halogens is 1. The number of carbonyl (C=O) groups is 1. The molecule has 3 fully saturated rings. The maximum absolute atomic E-state index is 12.6. The van der Waals surface area contributed by atoms with Gasteiger partial charge in [0.25, 0.3) is 0 Å². The maximum atomic E-state index is 12.6. The molecular formula is C23H22ClN3O2. The quantitative estimate of drug-likeness (QED) is 0.447. The molecule has 6 heteroatoms. The van der Waals surface area contributed by atoms with Crippen LogP contribution in [-0.4, -0.2) is 15.9 Å². The van der Waals surface area contributed by atoms with Crippen LogP contribution in [-0.2, 0) is 9.63 Å². The highest BCUT2D eigenvalue weighted by Gasteiger charge is 2.40. The number of aromatic nitrogens is 2. The molecule has 3 aliphatic carbocycles. The van der Waals surface area contributed by atoms with Crippen LogP contribution < -0.4 is 5.48 Å². The highest BCUT2D eigenvalue weighted by Crippen LogP contribution is 2.45. The first-order valence-corrected chi connectivity index (χ1v) is 10.5. The van der Waals surface area contributed by atoms with Gasteiger partial charge in [-0.25, -0.2) is 15.3 Å². The zero-order valence-electron chi connectivity index (χ0n) is 16.0. The third-order valence-electron chi connectivity index (χ3n) is 6.35. The summed E-state index contributed by atoms with van der Waals surface area (Å²) < 4.78 is 0. The predicted molar refractivity (Wildman–Crippen MR) is 113 cm³/mol. The topological polar surface area (TPSA) is 64.1 Å². The zero-order chi connectivity index (χ0) is 19.8. The Kier molecular flexibility index (Phi) is 4.84. The first-order chi connectivity index (χ1) is 14.2. The van der Waals surface area contributed by atoms with Gasteiger partial charge in [-0.15, -0.1) is 0 Å². The number of nitrogens with one attached hydrogen (secondary N) is 1. The lowest BCUT2D eigenvalue weighted by atomic mass is 9.65. The fourth-order valence-corrected chi connectivity index (χ4v) is 4.99. The van der Waals surface area contributed by atoms with E-state index in [0.717, 1.165) is 35.6 Å². The first-order valence-electron chi connectivity index (χ1n) is 10.2. The van der Waals surface area contributed by atoms with Crippen molar-refractivity contribution in [1.29, 1.82) is 0 Å². The molecule has 1 aromatic heterocycles. The average molecular weight is 408 g/mol. The Labute approximate surface area is 174 Å². The maximum Gasteiger partial charge on any atom is 0.335 e. The molecule has 0 amide bonds. The molecule has 2 bridgehead atoms. The van der Waals surface area contributed by atoms with E-state index in [1.807, 2.05) is 24.3 Å². The van der Waals surface area contributed by atoms with Gasteiger partial charge in [0, 0.05) is 11.6 Å². The van der Waals surface area contributed by atoms with Crippen LogP contribution in [0.15, 0.2) is 48.5 Å². The van der Waals surface area contributed by atoms with Crippen LogP contribution in [0.2, 0.25) is 5.28 Å². The van der Waals surface area contributed by atoms with Crippen LogP contribution in [0.1, 0.15) is 32.1 Å². The van der Waals surface area contributed by atoms with Gasteiger partial charge in [0.1, 0.15) is 0 Å². The minimum Gasteiger partial charge on any atom is -0.342 e. The van der Waals surface area contributed by atoms with Crippen LogP contribution in [0.5, 0.6) is 0 Å². The van der Waals surface area contributed by atoms with Crippen molar-refractivity contribution >= 4 is 34.2 Å². The summed E-state index contributed by atoms with van der Waals surface area (Å²) >= 11 is 6.13. The Morgan fingerprint density at radius 2 is 1.79 bits per heavy atom. The van der Waals surface area contributed by atoms with Crippen molar-refractivity contribution in [1.82, 2.24) is 9.97 Å². The molecule has 1 heterocycles. The van der Waals surface area contributed by atoms with Gasteiger partial charge in [0.2, 0.25) is 5.28 Å². The Bertz CT molecular complexity index is 1060. The van der Waals surface area contributed by atoms with E-state index in [1.165, 1.54) is 12.8 Å². The van der Waals surface area contributed by atoms with Crippen LogP contribution in [0.3, 0.4) is 0 Å². The molecule has 29 heavy (non-hydrogen) atoms. The molecule has 3 aromatic rings. The minimum absolute atomic E-state index is 0.00716. The molecule has 1 unspecified atom stereocenters. The molecule has 0 radical (unpaired) electrons. The van der Waals surface area contributed by atoms with Crippen molar-refractivity contribution < 1.29 is 9.63 Å². The molecule has 0 aliphatic heterocycles. The summed E-state index contributed by atoms with van der Waals surface area (Å²) in [6, 6.07) is 16.0. The van der Waals surface area contributed by atoms with Crippen molar-refractivity contribution in [2.24, 2.45) is 17.8 Å². The van der Waals surface area contributed by atoms with E-state index in [4.69, 9.17) is 16.4 Å². The van der Waals surface area contributed by atoms with Gasteiger partial charge in [0.15, 0.2) is 5.82 Å². The standard InChI is InChI=1S/C23H22ClN3O2/c24-23-25-20(18-10-9-15-3-1-2-4-17(15)12-18)13-21(26-23)27-29-22(28)19-11-14-5-7-16(19)8-6-14/h1-4,9-10,12-14,16,19H,5-8,11H2,(H,25,26,27). The molecule has 148 valence electrons. The lowest BCUT2D eigenvalue weighted by Crippen LogP contribution is -2.37. The highest BCUT2D eigenvalue weighted by molar-refractivity contribution is 6.28. The molecule has 0 saturated heterocycles. The third kappa shape index (κ3) is 3.79. The van der Waals surface area contributed by atoms with Gasteiger partial charge in [-0.2, -0.15) is 4.98 Å². The number of hydrogen-bond acceptors (Lipinski definition) is 5. The third-order valence-corrected chi connectivity index (χ3v) is 6.52. The smallest absolute Gasteiger partial charge is 0.335 e. The second kappa shape index (κ2) is 7.64. The number of anilines is 1. The van der Waals surface area contributed by atoms with Gasteiger partial charge in [-0.3, -0.25) is 0 Å². The summed E-state index contributed by atoms with van der Waals surface area (Å²) in [5, 5.41) is 2.38. The molecule has 6 rings (SSSR count). The SMILES string of the molecule is O=C(ONc1cc(-c2ccc3ccccc3c2)nc(Cl)n1)C1CC2CCC1CC2. The van der Waals surface area contributed by atoms with E-state index in [2.05, 4.69) is 33.6 Å². The number of carbonyl (C=O) groups excluding carboxylic acids is 1. The Morgan fingerprint density at radius 1 is 1.00 bits per heavy atom. The van der Waals surface area contributed by atoms with Crippen molar-refractivity contribution in [3.8, 4) is 11.3 Å². The molecule has 1 N–H and O–H groups in total. The largest absolute Gasteiger partial charge is 0.342 e. The Morgan fingerprint density at radius 3 is 2.55 bits per heavy atom. The van der Waals surface area contributed by atoms with E-state index in [-0.39, 0.29) is 17.2 Å². The highest BCUT2D eigenvalue weighted by atomic mass is 35.5. The van der Waals surface area contributed by atoms with Crippen LogP contribution in [0.25, 0.3) is 22.0 Å².